The van der Waals surface area contributed by atoms with Crippen LogP contribution in [0.2, 0.25) is 0 Å². The number of hydrogen-bond acceptors (Lipinski definition) is 3. The number of phenols is 1. The van der Waals surface area contributed by atoms with Gasteiger partial charge in [0.05, 0.1) is 26.2 Å². The third-order valence-electron chi connectivity index (χ3n) is 3.01. The van der Waals surface area contributed by atoms with Crippen LogP contribution < -0.4 is 4.90 Å². The highest BCUT2D eigenvalue weighted by molar-refractivity contribution is 9.11. The van der Waals surface area contributed by atoms with Crippen molar-refractivity contribution in [1.82, 2.24) is 0 Å². The van der Waals surface area contributed by atoms with Crippen LogP contribution in [0.25, 0.3) is 0 Å². The normalized spacial score (nSPS) is 23.9. The molecule has 102 valence electrons. The molecule has 19 heavy (non-hydrogen) atoms. The van der Waals surface area contributed by atoms with E-state index in [9.17, 15) is 14.7 Å². The van der Waals surface area contributed by atoms with Crippen molar-refractivity contribution in [3.05, 3.63) is 21.1 Å². The van der Waals surface area contributed by atoms with Gasteiger partial charge in [0.2, 0.25) is 5.91 Å². The first-order valence-corrected chi connectivity index (χ1v) is 8.00. The number of Topliss-reactive ketones (excluding diaryl/α,β-unsaturated/α-hetero) is 1. The Morgan fingerprint density at radius 3 is 2.32 bits per heavy atom. The van der Waals surface area contributed by atoms with E-state index in [1.807, 2.05) is 6.92 Å². The Bertz CT molecular complexity index is 538. The van der Waals surface area contributed by atoms with Gasteiger partial charge < -0.3 is 10.0 Å². The minimum atomic E-state index is -0.378. The van der Waals surface area contributed by atoms with Crippen LogP contribution in [0.5, 0.6) is 5.75 Å². The van der Waals surface area contributed by atoms with E-state index in [1.165, 1.54) is 0 Å². The predicted octanol–water partition coefficient (Wildman–Crippen LogP) is 3.38. The van der Waals surface area contributed by atoms with E-state index >= 15 is 0 Å². The largest absolute Gasteiger partial charge is 0.506 e. The first-order chi connectivity index (χ1) is 8.82. The molecule has 0 spiro atoms. The molecular formula is C12H10Br3NO3. The highest BCUT2D eigenvalue weighted by atomic mass is 79.9. The molecule has 1 aliphatic rings. The molecule has 4 nitrogen and oxygen atoms in total. The maximum atomic E-state index is 12.1. The van der Waals surface area contributed by atoms with Crippen molar-refractivity contribution >= 4 is 65.2 Å². The zero-order valence-electron chi connectivity index (χ0n) is 9.86. The Morgan fingerprint density at radius 1 is 1.26 bits per heavy atom. The van der Waals surface area contributed by atoms with Gasteiger partial charge in [-0.3, -0.25) is 9.59 Å². The van der Waals surface area contributed by atoms with Crippen molar-refractivity contribution in [3.8, 4) is 5.75 Å². The van der Waals surface area contributed by atoms with Crippen LogP contribution in [0.4, 0.5) is 5.69 Å². The molecule has 1 saturated heterocycles. The maximum absolute atomic E-state index is 12.1. The lowest BCUT2D eigenvalue weighted by Crippen LogP contribution is -2.52. The van der Waals surface area contributed by atoms with Gasteiger partial charge in [0, 0.05) is 5.69 Å². The number of benzene rings is 1. The van der Waals surface area contributed by atoms with Crippen LogP contribution >= 0.6 is 47.8 Å². The summed E-state index contributed by atoms with van der Waals surface area (Å²) in [6, 6.07) is 3.03. The average molecular weight is 456 g/mol. The Morgan fingerprint density at radius 2 is 1.79 bits per heavy atom. The molecule has 2 atom stereocenters. The molecule has 1 aliphatic heterocycles. The molecule has 2 rings (SSSR count). The number of halogens is 3. The first-order valence-electron chi connectivity index (χ1n) is 5.49. The Labute approximate surface area is 135 Å². The number of carbonyl (C=O) groups is 2. The lowest BCUT2D eigenvalue weighted by atomic mass is 10.0. The summed E-state index contributed by atoms with van der Waals surface area (Å²) in [5.41, 5.74) is 0.631. The quantitative estimate of drug-likeness (QED) is 0.521. The van der Waals surface area contributed by atoms with Crippen LogP contribution in [0.3, 0.4) is 0 Å². The summed E-state index contributed by atoms with van der Waals surface area (Å²) in [6.07, 6.45) is -0.115. The number of ketones is 1. The van der Waals surface area contributed by atoms with Crippen LogP contribution in [0.1, 0.15) is 13.3 Å². The van der Waals surface area contributed by atoms with Gasteiger partial charge in [0.25, 0.3) is 0 Å². The van der Waals surface area contributed by atoms with Crippen molar-refractivity contribution in [1.29, 1.82) is 0 Å². The molecular weight excluding hydrogens is 446 g/mol. The highest BCUT2D eigenvalue weighted by Crippen LogP contribution is 2.38. The fourth-order valence-corrected chi connectivity index (χ4v) is 3.59. The van der Waals surface area contributed by atoms with Gasteiger partial charge in [-0.15, -0.1) is 0 Å². The van der Waals surface area contributed by atoms with E-state index in [0.717, 1.165) is 0 Å². The third-order valence-corrected chi connectivity index (χ3v) is 5.50. The van der Waals surface area contributed by atoms with E-state index in [0.29, 0.717) is 14.6 Å². The molecule has 1 aromatic rings. The van der Waals surface area contributed by atoms with Gasteiger partial charge >= 0.3 is 0 Å². The third kappa shape index (κ3) is 2.73. The fraction of sp³-hybridized carbons (Fsp3) is 0.333. The molecule has 0 saturated carbocycles. The van der Waals surface area contributed by atoms with Gasteiger partial charge in [-0.25, -0.2) is 0 Å². The number of nitrogens with zero attached hydrogens (tertiary/aromatic N) is 1. The summed E-state index contributed by atoms with van der Waals surface area (Å²) in [7, 11) is 0. The van der Waals surface area contributed by atoms with Crippen LogP contribution in [-0.4, -0.2) is 27.7 Å². The Hall–Kier alpha value is -0.400. The summed E-state index contributed by atoms with van der Waals surface area (Å²) in [6.45, 7) is 1.81. The number of phenolic OH excluding ortho intramolecular Hbond substituents is 1. The molecule has 7 heteroatoms. The minimum Gasteiger partial charge on any atom is -0.506 e. The van der Waals surface area contributed by atoms with Crippen molar-refractivity contribution in [2.24, 2.45) is 0 Å². The van der Waals surface area contributed by atoms with E-state index < -0.39 is 0 Å². The van der Waals surface area contributed by atoms with Crippen LogP contribution in [0, 0.1) is 0 Å². The second kappa shape index (κ2) is 5.54. The Balaban J connectivity index is 2.46. The number of hydrogen-bond donors (Lipinski definition) is 1. The average Bonchev–Trinajstić information content (AvgIpc) is 2.33. The van der Waals surface area contributed by atoms with Gasteiger partial charge in [-0.2, -0.15) is 0 Å². The molecule has 0 aromatic heterocycles. The zero-order valence-corrected chi connectivity index (χ0v) is 14.6. The van der Waals surface area contributed by atoms with Crippen LogP contribution in [-0.2, 0) is 9.59 Å². The number of anilines is 1. The molecule has 1 N–H and O–H groups in total. The molecule has 1 amide bonds. The summed E-state index contributed by atoms with van der Waals surface area (Å²) < 4.78 is 0.972. The summed E-state index contributed by atoms with van der Waals surface area (Å²) in [5, 5.41) is 9.69. The lowest BCUT2D eigenvalue weighted by Gasteiger charge is -2.36. The van der Waals surface area contributed by atoms with E-state index in [2.05, 4.69) is 47.8 Å². The molecule has 1 fully saturated rings. The summed E-state index contributed by atoms with van der Waals surface area (Å²) in [4.78, 5) is 24.9. The van der Waals surface area contributed by atoms with Crippen molar-refractivity contribution < 1.29 is 14.7 Å². The summed E-state index contributed by atoms with van der Waals surface area (Å²) >= 11 is 9.79. The molecule has 1 aromatic carbocycles. The molecule has 0 bridgehead atoms. The second-order valence-electron chi connectivity index (χ2n) is 4.31. The number of alkyl halides is 1. The number of aromatic hydroxyl groups is 1. The highest BCUT2D eigenvalue weighted by Gasteiger charge is 2.38. The van der Waals surface area contributed by atoms with Gasteiger partial charge in [0.1, 0.15) is 5.75 Å². The van der Waals surface area contributed by atoms with Crippen molar-refractivity contribution in [2.75, 3.05) is 4.90 Å². The SMILES string of the molecule is CC1C(Br)C(=O)CC(=O)N1c1cc(Br)c(O)c(Br)c1. The smallest absolute Gasteiger partial charge is 0.234 e. The topological polar surface area (TPSA) is 57.6 Å². The lowest BCUT2D eigenvalue weighted by molar-refractivity contribution is -0.129. The standard InChI is InChI=1S/C12H10Br3NO3/c1-5-11(15)9(17)4-10(18)16(5)6-2-7(13)12(19)8(14)3-6/h2-3,5,11,19H,4H2,1H3. The van der Waals surface area contributed by atoms with Gasteiger partial charge in [-0.1, -0.05) is 15.9 Å². The fourth-order valence-electron chi connectivity index (χ4n) is 2.03. The molecule has 2 unspecified atom stereocenters. The van der Waals surface area contributed by atoms with E-state index in [4.69, 9.17) is 0 Å². The second-order valence-corrected chi connectivity index (χ2v) is 7.00. The van der Waals surface area contributed by atoms with Gasteiger partial charge in [-0.05, 0) is 50.9 Å². The maximum Gasteiger partial charge on any atom is 0.234 e. The number of carbonyl (C=O) groups excluding carboxylic acids is 2. The molecule has 0 aliphatic carbocycles. The molecule has 0 radical (unpaired) electrons. The molecule has 1 heterocycles. The van der Waals surface area contributed by atoms with Gasteiger partial charge in [0.15, 0.2) is 5.78 Å². The number of rotatable bonds is 1. The monoisotopic (exact) mass is 453 g/mol. The Kier molecular flexibility index (Phi) is 4.37. The van der Waals surface area contributed by atoms with E-state index in [-0.39, 0.29) is 34.7 Å². The van der Waals surface area contributed by atoms with E-state index in [1.54, 1.807) is 17.0 Å². The summed E-state index contributed by atoms with van der Waals surface area (Å²) in [5.74, 6) is -0.268. The first kappa shape index (κ1) is 15.0. The van der Waals surface area contributed by atoms with Crippen molar-refractivity contribution in [3.63, 3.8) is 0 Å². The predicted molar refractivity (Wildman–Crippen MR) is 82.8 cm³/mol. The van der Waals surface area contributed by atoms with Crippen LogP contribution in [0.15, 0.2) is 21.1 Å². The number of piperidine rings is 1. The number of amides is 1. The van der Waals surface area contributed by atoms with Crippen molar-refractivity contribution in [2.45, 2.75) is 24.2 Å². The zero-order chi connectivity index (χ0) is 14.3. The minimum absolute atomic E-state index is 0.0762.